The number of carbonyl (C=O) groups excluding carboxylic acids is 2. The summed E-state index contributed by atoms with van der Waals surface area (Å²) >= 11 is 0. The van der Waals surface area contributed by atoms with E-state index in [4.69, 9.17) is 82.8 Å². The van der Waals surface area contributed by atoms with E-state index in [2.05, 4.69) is 214 Å². The van der Waals surface area contributed by atoms with Crippen LogP contribution in [-0.2, 0) is 69.2 Å². The highest BCUT2D eigenvalue weighted by atomic mass is 16.6. The molecule has 3 saturated carbocycles. The Labute approximate surface area is 793 Å². The minimum Gasteiger partial charge on any atom is -0.461 e. The number of piperazine rings is 2. The minimum absolute atomic E-state index is 0. The zero-order valence-corrected chi connectivity index (χ0v) is 77.2. The van der Waals surface area contributed by atoms with Crippen LogP contribution in [0.1, 0.15) is 99.6 Å². The maximum Gasteiger partial charge on any atom is 0.410 e. The van der Waals surface area contributed by atoms with Gasteiger partial charge in [0.15, 0.2) is 0 Å². The smallest absolute Gasteiger partial charge is 0.410 e. The van der Waals surface area contributed by atoms with E-state index < -0.39 is 6.09 Å². The summed E-state index contributed by atoms with van der Waals surface area (Å²) in [7, 11) is 6.55. The lowest BCUT2D eigenvalue weighted by Gasteiger charge is -2.41. The number of anilines is 6. The fourth-order valence-electron chi connectivity index (χ4n) is 21.4. The zero-order valence-electron chi connectivity index (χ0n) is 77.2. The van der Waals surface area contributed by atoms with E-state index in [9.17, 15) is 9.59 Å². The number of ether oxygens (including phenoxy) is 7. The minimum atomic E-state index is -0.396. The summed E-state index contributed by atoms with van der Waals surface area (Å²) in [6.07, 6.45) is 12.7. The first-order valence-corrected chi connectivity index (χ1v) is 48.0. The van der Waals surface area contributed by atoms with Gasteiger partial charge < -0.3 is 82.0 Å². The quantitative estimate of drug-likeness (QED) is 0.0481. The van der Waals surface area contributed by atoms with Crippen molar-refractivity contribution in [2.45, 2.75) is 151 Å². The first kappa shape index (κ1) is 91.6. The molecule has 704 valence electrons. The SMILES string of the molecule is C.[2HH].[C-]#[N+]C[C@@H]1CCCN(c2nc(OC[C@H]3CN(C)C4(CC4)CO3)nc3c2CCN(c2cccc4ccccc24)C3)C1.[C-]#[N+]C[C@H]1CN(c2nc(OC[C@H]3CN(C)C4(CC4)CO3)nc3c2CCN(c2cccc4ccccc24)C3)CCN1C(=O)C=C.[C-]#[N+]C[C@H]1CN(c2nc(OC[C@H]3CN(C)C4(CC4)CO3)nc3c2CCN(c2cccc4ccccc24)C3)CCN1C(=O)OCc1ccccc1. The summed E-state index contributed by atoms with van der Waals surface area (Å²) in [4.78, 5) is 91.7. The van der Waals surface area contributed by atoms with Gasteiger partial charge >= 0.3 is 24.1 Å². The van der Waals surface area contributed by atoms with E-state index in [0.717, 1.165) is 162 Å². The molecule has 0 N–H and O–H groups in total. The summed E-state index contributed by atoms with van der Waals surface area (Å²) in [5.41, 5.74) is 11.6. The number of likely N-dealkylation sites (N-methyl/N-ethyl adjacent to an activating group) is 3. The van der Waals surface area contributed by atoms with Crippen molar-refractivity contribution in [1.82, 2.24) is 54.4 Å². The van der Waals surface area contributed by atoms with Crippen LogP contribution in [0.15, 0.2) is 170 Å². The second-order valence-electron chi connectivity index (χ2n) is 38.5. The normalized spacial score (nSPS) is 22.5. The van der Waals surface area contributed by atoms with Crippen molar-refractivity contribution in [3.8, 4) is 18.0 Å². The zero-order chi connectivity index (χ0) is 91.4. The number of rotatable bonds is 21. The molecule has 0 unspecified atom stereocenters. The van der Waals surface area contributed by atoms with Gasteiger partial charge in [0, 0.05) is 165 Å². The molecular weight excluding hydrogens is 1700 g/mol. The Morgan fingerprint density at radius 1 is 0.437 bits per heavy atom. The molecule has 10 aromatic rings. The van der Waals surface area contributed by atoms with Crippen LogP contribution >= 0.6 is 0 Å². The fraction of sp³-hybridized carbons (Fsp3) is 0.481. The van der Waals surface area contributed by atoms with Crippen LogP contribution in [0, 0.1) is 25.6 Å². The van der Waals surface area contributed by atoms with Crippen molar-refractivity contribution in [1.29, 1.82) is 0 Å². The van der Waals surface area contributed by atoms with Crippen LogP contribution < -0.4 is 43.6 Å². The highest BCUT2D eigenvalue weighted by molar-refractivity contribution is 5.96. The number of amides is 2. The number of benzene rings is 7. The molecule has 22 rings (SSSR count). The molecule has 0 bridgehead atoms. The molecule has 3 spiro atoms. The molecule has 6 atom stereocenters. The van der Waals surface area contributed by atoms with E-state index in [1.807, 2.05) is 30.3 Å². The standard InChI is InChI=1S/C39H43N7O4.C34H39N7O3.C32H38N6O2.CH4.H2/c1-40-21-30-22-45(19-20-46(30)38(47)49-25-28-9-4-3-5-10-28)36-33-15-18-44(35-14-8-12-29-11-6-7-13-32(29)35)24-34(33)41-37(42-36)48-26-31-23-43(2)39(16-17-39)27-50-31;1-4-31(42)41-17-16-40(19-25(41)18-35-2)32-28-12-15-39(30-11-7-9-24-8-5-6-10-27(24)30)21-29(28)36-33(37-32)43-22-26-20-38(3)34(13-14-34)23-44-26;1-33-17-23-7-6-15-38(18-23)30-27-12-16-37(29-11-5-9-24-8-3-4-10-26(24)29)20-28(27)34-31(35-30)39-21-25-19-36(2)32(13-14-32)22-40-25;;/h3-14,30-31H,15-27H2,2H3;4-11,25-26H,1,12-23H2,3H3;3-5,8-11,23,25H,6-7,12-22H2,2H3;1H4;1H/t30-,31+;25-,26+;23-,25+;;/m000../s1/i;;;;1+1. The number of carbonyl (C=O) groups is 2. The topological polar surface area (TPSA) is 225 Å². The van der Waals surface area contributed by atoms with Crippen LogP contribution in [0.2, 0.25) is 0 Å². The molecule has 29 heteroatoms. The summed E-state index contributed by atoms with van der Waals surface area (Å²) in [6.45, 7) is 42.9. The Bertz CT molecular complexity index is 6090. The third kappa shape index (κ3) is 19.9. The molecule has 3 aromatic heterocycles. The van der Waals surface area contributed by atoms with Gasteiger partial charge in [-0.15, -0.1) is 0 Å². The molecule has 3 aliphatic carbocycles. The van der Waals surface area contributed by atoms with Crippen molar-refractivity contribution in [2.24, 2.45) is 5.92 Å². The molecule has 12 aliphatic rings. The number of hydrogen-bond donors (Lipinski definition) is 0. The van der Waals surface area contributed by atoms with Crippen LogP contribution in [0.25, 0.3) is 46.9 Å². The van der Waals surface area contributed by atoms with E-state index >= 15 is 0 Å². The second-order valence-corrected chi connectivity index (χ2v) is 38.5. The predicted molar refractivity (Wildman–Crippen MR) is 527 cm³/mol. The van der Waals surface area contributed by atoms with E-state index in [-0.39, 0.29) is 81.5 Å². The van der Waals surface area contributed by atoms with E-state index in [0.29, 0.717) is 103 Å². The van der Waals surface area contributed by atoms with Gasteiger partial charge in [-0.2, -0.15) is 29.9 Å². The molecule has 12 heterocycles. The maximum absolute atomic E-state index is 13.3. The fourth-order valence-corrected chi connectivity index (χ4v) is 21.4. The lowest BCUT2D eigenvalue weighted by atomic mass is 9.96. The summed E-state index contributed by atoms with van der Waals surface area (Å²) in [5, 5.41) is 7.38. The Balaban J connectivity index is 0.000000136. The van der Waals surface area contributed by atoms with Crippen LogP contribution in [0.3, 0.4) is 0 Å². The molecule has 0 radical (unpaired) electrons. The van der Waals surface area contributed by atoms with Crippen LogP contribution in [0.4, 0.5) is 39.3 Å². The average molecular weight is 1830 g/mol. The van der Waals surface area contributed by atoms with Gasteiger partial charge in [0.25, 0.3) is 0 Å². The van der Waals surface area contributed by atoms with Crippen molar-refractivity contribution in [2.75, 3.05) is 201 Å². The third-order valence-corrected chi connectivity index (χ3v) is 29.9. The number of aromatic nitrogens is 6. The van der Waals surface area contributed by atoms with Gasteiger partial charge in [-0.3, -0.25) is 24.4 Å². The molecule has 7 aromatic carbocycles. The average Bonchev–Trinajstić information content (AvgIpc) is 1.47. The molecule has 9 aliphatic heterocycles. The van der Waals surface area contributed by atoms with Crippen molar-refractivity contribution >= 4 is 78.8 Å². The van der Waals surface area contributed by atoms with E-state index in [1.165, 1.54) is 99.5 Å². The van der Waals surface area contributed by atoms with Crippen molar-refractivity contribution in [3.05, 3.63) is 244 Å². The number of morpholine rings is 3. The molecule has 6 saturated heterocycles. The highest BCUT2D eigenvalue weighted by Gasteiger charge is 2.53. The lowest BCUT2D eigenvalue weighted by molar-refractivity contribution is -0.128. The summed E-state index contributed by atoms with van der Waals surface area (Å²) < 4.78 is 43.3. The molecule has 29 nitrogen and oxygen atoms in total. The number of fused-ring (bicyclic) bond motifs is 6. The largest absolute Gasteiger partial charge is 0.461 e. The molecule has 135 heavy (non-hydrogen) atoms. The van der Waals surface area contributed by atoms with Crippen LogP contribution in [-0.4, -0.2) is 285 Å². The van der Waals surface area contributed by atoms with E-state index in [1.54, 1.807) is 9.80 Å². The van der Waals surface area contributed by atoms with Gasteiger partial charge in [-0.05, 0) is 138 Å². The number of hydrogen-bond acceptors (Lipinski definition) is 24. The van der Waals surface area contributed by atoms with Gasteiger partial charge in [-0.1, -0.05) is 154 Å². The Morgan fingerprint density at radius 3 is 1.19 bits per heavy atom. The number of nitrogens with zero attached hydrogens (tertiary/aromatic N) is 20. The van der Waals surface area contributed by atoms with Crippen molar-refractivity contribution < 1.29 is 44.2 Å². The van der Waals surface area contributed by atoms with Gasteiger partial charge in [0.05, 0.1) is 56.5 Å². The first-order chi connectivity index (χ1) is 65.6. The Morgan fingerprint density at radius 2 is 0.807 bits per heavy atom. The van der Waals surface area contributed by atoms with Gasteiger partial charge in [0.2, 0.25) is 25.5 Å². The van der Waals surface area contributed by atoms with Gasteiger partial charge in [-0.25, -0.2) is 24.5 Å². The molecule has 9 fully saturated rings. The lowest BCUT2D eigenvalue weighted by Crippen LogP contribution is -2.57. The van der Waals surface area contributed by atoms with Crippen LogP contribution in [0.5, 0.6) is 18.0 Å². The molecule has 2 amide bonds. The Hall–Kier alpha value is -12.5. The highest BCUT2D eigenvalue weighted by Crippen LogP contribution is 2.48. The third-order valence-electron chi connectivity index (χ3n) is 29.9. The van der Waals surface area contributed by atoms with Gasteiger partial charge in [0.1, 0.15) is 74.3 Å². The first-order valence-electron chi connectivity index (χ1n) is 48.0. The monoisotopic (exact) mass is 1820 g/mol. The summed E-state index contributed by atoms with van der Waals surface area (Å²) in [5.74, 6) is 2.93. The summed E-state index contributed by atoms with van der Waals surface area (Å²) in [6, 6.07) is 55.2. The Kier molecular flexibility index (Phi) is 27.3. The maximum atomic E-state index is 13.3. The second kappa shape index (κ2) is 40.2. The number of piperidine rings is 1. The molecular formula is C106H126N20O9. The predicted octanol–water partition coefficient (Wildman–Crippen LogP) is 14.2. The van der Waals surface area contributed by atoms with Crippen molar-refractivity contribution in [3.63, 3.8) is 0 Å².